The van der Waals surface area contributed by atoms with Crippen LogP contribution >= 0.6 is 23.1 Å². The largest absolute Gasteiger partial charge is 0.376 e. The number of fused-ring (bicyclic) bond motifs is 3. The fourth-order valence-electron chi connectivity index (χ4n) is 4.61. The Morgan fingerprint density at radius 1 is 1.31 bits per heavy atom. The van der Waals surface area contributed by atoms with Crippen molar-refractivity contribution >= 4 is 33.3 Å². The summed E-state index contributed by atoms with van der Waals surface area (Å²) in [6.45, 7) is 6.59. The molecule has 2 aliphatic rings. The quantitative estimate of drug-likeness (QED) is 0.362. The van der Waals surface area contributed by atoms with Crippen LogP contribution in [0.4, 0.5) is 0 Å². The second-order valence-electron chi connectivity index (χ2n) is 8.94. The third-order valence-corrected chi connectivity index (χ3v) is 8.57. The van der Waals surface area contributed by atoms with Crippen molar-refractivity contribution in [1.29, 1.82) is 0 Å². The first-order valence-corrected chi connectivity index (χ1v) is 13.5. The van der Waals surface area contributed by atoms with E-state index in [1.807, 2.05) is 9.25 Å². The van der Waals surface area contributed by atoms with E-state index < -0.39 is 0 Å². The van der Waals surface area contributed by atoms with Crippen LogP contribution in [0, 0.1) is 5.92 Å². The maximum absolute atomic E-state index is 13.7. The molecule has 5 rings (SSSR count). The highest BCUT2D eigenvalue weighted by atomic mass is 32.2. The van der Waals surface area contributed by atoms with Gasteiger partial charge in [0.2, 0.25) is 0 Å². The number of aryl methyl sites for hydroxylation is 2. The Morgan fingerprint density at radius 2 is 2.22 bits per heavy atom. The molecule has 2 atom stereocenters. The van der Waals surface area contributed by atoms with E-state index in [4.69, 9.17) is 9.72 Å². The van der Waals surface area contributed by atoms with Gasteiger partial charge in [-0.3, -0.25) is 9.36 Å². The first-order valence-electron chi connectivity index (χ1n) is 11.7. The van der Waals surface area contributed by atoms with Gasteiger partial charge in [-0.1, -0.05) is 32.0 Å². The fraction of sp³-hybridized carbons (Fsp3) is 0.682. The standard InChI is InChI=1S/C22H30N6O2S2/c1-3-4-9-28-18(24-25-26-28)13-31-22-23-20-19(16-8-7-14(2)11-17(16)32-20)21(29)27(22)12-15-6-5-10-30-15/h14-15H,3-13H2,1-2H3/t14-,15+/m0/s1. The summed E-state index contributed by atoms with van der Waals surface area (Å²) in [4.78, 5) is 21.0. The van der Waals surface area contributed by atoms with Crippen molar-refractivity contribution in [1.82, 2.24) is 29.8 Å². The number of tetrazole rings is 1. The average molecular weight is 475 g/mol. The van der Waals surface area contributed by atoms with Crippen molar-refractivity contribution in [3.8, 4) is 0 Å². The molecule has 1 saturated heterocycles. The number of unbranched alkanes of at least 4 members (excludes halogenated alkanes) is 1. The molecule has 10 heteroatoms. The van der Waals surface area contributed by atoms with Crippen LogP contribution < -0.4 is 5.56 Å². The van der Waals surface area contributed by atoms with E-state index in [1.54, 1.807) is 23.1 Å². The van der Waals surface area contributed by atoms with Crippen molar-refractivity contribution in [2.24, 2.45) is 5.92 Å². The molecule has 1 fully saturated rings. The van der Waals surface area contributed by atoms with Crippen molar-refractivity contribution < 1.29 is 4.74 Å². The maximum Gasteiger partial charge on any atom is 0.263 e. The van der Waals surface area contributed by atoms with Gasteiger partial charge >= 0.3 is 0 Å². The minimum atomic E-state index is 0.0793. The minimum absolute atomic E-state index is 0.0793. The van der Waals surface area contributed by atoms with Crippen molar-refractivity contribution in [2.45, 2.75) is 88.9 Å². The van der Waals surface area contributed by atoms with Crippen molar-refractivity contribution in [3.63, 3.8) is 0 Å². The smallest absolute Gasteiger partial charge is 0.263 e. The maximum atomic E-state index is 13.7. The molecule has 172 valence electrons. The summed E-state index contributed by atoms with van der Waals surface area (Å²) >= 11 is 3.26. The van der Waals surface area contributed by atoms with Crippen LogP contribution in [-0.2, 0) is 36.4 Å². The molecule has 0 amide bonds. The molecule has 0 radical (unpaired) electrons. The highest BCUT2D eigenvalue weighted by Gasteiger charge is 2.26. The lowest BCUT2D eigenvalue weighted by atomic mass is 9.89. The Hall–Kier alpha value is -1.78. The summed E-state index contributed by atoms with van der Waals surface area (Å²) < 4.78 is 9.59. The summed E-state index contributed by atoms with van der Waals surface area (Å²) in [7, 11) is 0. The predicted molar refractivity (Wildman–Crippen MR) is 126 cm³/mol. The van der Waals surface area contributed by atoms with Crippen LogP contribution in [0.3, 0.4) is 0 Å². The molecular weight excluding hydrogens is 444 g/mol. The van der Waals surface area contributed by atoms with E-state index in [1.165, 1.54) is 10.4 Å². The lowest BCUT2D eigenvalue weighted by molar-refractivity contribution is 0.0937. The summed E-state index contributed by atoms with van der Waals surface area (Å²) in [5.74, 6) is 2.07. The van der Waals surface area contributed by atoms with Crippen LogP contribution in [0.1, 0.15) is 62.2 Å². The van der Waals surface area contributed by atoms with Gasteiger partial charge in [-0.05, 0) is 60.4 Å². The Bertz CT molecular complexity index is 1150. The number of thioether (sulfide) groups is 1. The van der Waals surface area contributed by atoms with Crippen LogP contribution in [0.15, 0.2) is 9.95 Å². The molecular formula is C22H30N6O2S2. The first kappa shape index (κ1) is 22.0. The van der Waals surface area contributed by atoms with Gasteiger partial charge in [-0.25, -0.2) is 9.67 Å². The Morgan fingerprint density at radius 3 is 3.03 bits per heavy atom. The molecule has 0 N–H and O–H groups in total. The van der Waals surface area contributed by atoms with Gasteiger partial charge in [-0.2, -0.15) is 0 Å². The highest BCUT2D eigenvalue weighted by Crippen LogP contribution is 2.37. The lowest BCUT2D eigenvalue weighted by Crippen LogP contribution is -2.29. The van der Waals surface area contributed by atoms with Gasteiger partial charge in [0, 0.05) is 18.0 Å². The Kier molecular flexibility index (Phi) is 6.61. The van der Waals surface area contributed by atoms with Gasteiger partial charge in [0.25, 0.3) is 5.56 Å². The van der Waals surface area contributed by atoms with E-state index in [9.17, 15) is 4.79 Å². The summed E-state index contributed by atoms with van der Waals surface area (Å²) in [6.07, 6.45) is 7.42. The molecule has 32 heavy (non-hydrogen) atoms. The number of ether oxygens (including phenoxy) is 1. The summed E-state index contributed by atoms with van der Waals surface area (Å²) in [6, 6.07) is 0. The predicted octanol–water partition coefficient (Wildman–Crippen LogP) is 3.84. The number of aromatic nitrogens is 6. The van der Waals surface area contributed by atoms with Crippen LogP contribution in [0.2, 0.25) is 0 Å². The molecule has 3 aromatic heterocycles. The number of rotatable bonds is 8. The molecule has 0 saturated carbocycles. The van der Waals surface area contributed by atoms with E-state index in [0.29, 0.717) is 18.2 Å². The molecule has 4 heterocycles. The van der Waals surface area contributed by atoms with Crippen LogP contribution in [0.5, 0.6) is 0 Å². The molecule has 1 aliphatic carbocycles. The van der Waals surface area contributed by atoms with E-state index >= 15 is 0 Å². The minimum Gasteiger partial charge on any atom is -0.376 e. The van der Waals surface area contributed by atoms with Crippen molar-refractivity contribution in [2.75, 3.05) is 6.61 Å². The van der Waals surface area contributed by atoms with Gasteiger partial charge in [0.05, 0.1) is 23.8 Å². The average Bonchev–Trinajstić information content (AvgIpc) is 3.52. The Labute approximate surface area is 195 Å². The number of hydrogen-bond acceptors (Lipinski definition) is 8. The Balaban J connectivity index is 1.50. The van der Waals surface area contributed by atoms with E-state index in [2.05, 4.69) is 29.4 Å². The summed E-state index contributed by atoms with van der Waals surface area (Å²) in [5, 5.41) is 13.8. The lowest BCUT2D eigenvalue weighted by Gasteiger charge is -2.18. The second kappa shape index (κ2) is 9.61. The zero-order valence-corrected chi connectivity index (χ0v) is 20.4. The molecule has 1 aliphatic heterocycles. The SMILES string of the molecule is CCCCn1nnnc1CSc1nc2sc3c(c2c(=O)n1C[C@H]1CCCO1)CC[C@H](C)C3. The number of thiophene rings is 1. The third-order valence-electron chi connectivity index (χ3n) is 6.45. The third kappa shape index (κ3) is 4.36. The fourth-order valence-corrected chi connectivity index (χ4v) is 6.97. The second-order valence-corrected chi connectivity index (χ2v) is 11.0. The zero-order valence-electron chi connectivity index (χ0n) is 18.7. The summed E-state index contributed by atoms with van der Waals surface area (Å²) in [5.41, 5.74) is 1.33. The van der Waals surface area contributed by atoms with Crippen LogP contribution in [-0.4, -0.2) is 42.5 Å². The van der Waals surface area contributed by atoms with E-state index in [0.717, 1.165) is 79.3 Å². The van der Waals surface area contributed by atoms with Crippen molar-refractivity contribution in [3.05, 3.63) is 26.6 Å². The molecule has 0 spiro atoms. The van der Waals surface area contributed by atoms with Gasteiger partial charge in [0.15, 0.2) is 11.0 Å². The number of hydrogen-bond donors (Lipinski definition) is 0. The highest BCUT2D eigenvalue weighted by molar-refractivity contribution is 7.98. The zero-order chi connectivity index (χ0) is 22.1. The molecule has 3 aromatic rings. The first-order chi connectivity index (χ1) is 15.6. The monoisotopic (exact) mass is 474 g/mol. The molecule has 0 unspecified atom stereocenters. The molecule has 0 bridgehead atoms. The number of nitrogens with zero attached hydrogens (tertiary/aromatic N) is 6. The van der Waals surface area contributed by atoms with Crippen LogP contribution in [0.25, 0.3) is 10.2 Å². The van der Waals surface area contributed by atoms with Gasteiger partial charge < -0.3 is 4.74 Å². The molecule has 8 nitrogen and oxygen atoms in total. The van der Waals surface area contributed by atoms with Gasteiger partial charge in [0.1, 0.15) is 4.83 Å². The van der Waals surface area contributed by atoms with Gasteiger partial charge in [-0.15, -0.1) is 16.4 Å². The molecule has 0 aromatic carbocycles. The van der Waals surface area contributed by atoms with E-state index in [-0.39, 0.29) is 11.7 Å². The topological polar surface area (TPSA) is 87.7 Å². The normalized spacial score (nSPS) is 20.8.